The fourth-order valence-corrected chi connectivity index (χ4v) is 1.63. The third-order valence-corrected chi connectivity index (χ3v) is 2.54. The fourth-order valence-electron chi connectivity index (χ4n) is 1.63. The zero-order valence-corrected chi connectivity index (χ0v) is 9.67. The van der Waals surface area contributed by atoms with E-state index < -0.39 is 0 Å². The van der Waals surface area contributed by atoms with E-state index in [0.717, 1.165) is 18.7 Å². The number of pyridine rings is 1. The molecule has 0 aliphatic carbocycles. The van der Waals surface area contributed by atoms with E-state index in [0.29, 0.717) is 17.9 Å². The predicted molar refractivity (Wildman–Crippen MR) is 65.1 cm³/mol. The molecule has 0 saturated carbocycles. The maximum Gasteiger partial charge on any atom is 0.196 e. The van der Waals surface area contributed by atoms with Crippen molar-refractivity contribution in [1.29, 1.82) is 0 Å². The van der Waals surface area contributed by atoms with Gasteiger partial charge in [-0.05, 0) is 30.7 Å². The van der Waals surface area contributed by atoms with Gasteiger partial charge in [-0.25, -0.2) is 0 Å². The largest absolute Gasteiger partial charge is 0.438 e. The molecule has 4 nitrogen and oxygen atoms in total. The van der Waals surface area contributed by atoms with Crippen LogP contribution >= 0.6 is 0 Å². The lowest BCUT2D eigenvalue weighted by Gasteiger charge is -2.19. The van der Waals surface area contributed by atoms with Crippen LogP contribution in [0, 0.1) is 0 Å². The van der Waals surface area contributed by atoms with Crippen molar-refractivity contribution in [2.24, 2.45) is 0 Å². The molecule has 0 unspecified atom stereocenters. The maximum atomic E-state index is 10.6. The third kappa shape index (κ3) is 2.72. The second-order valence-corrected chi connectivity index (χ2v) is 3.66. The van der Waals surface area contributed by atoms with E-state index >= 15 is 0 Å². The van der Waals surface area contributed by atoms with Gasteiger partial charge in [0.25, 0.3) is 0 Å². The fraction of sp³-hybridized carbons (Fsp3) is 0.231. The lowest BCUT2D eigenvalue weighted by atomic mass is 10.2. The first-order chi connectivity index (χ1) is 8.33. The number of rotatable bonds is 5. The molecule has 0 fully saturated rings. The van der Waals surface area contributed by atoms with Crippen LogP contribution < -0.4 is 4.90 Å². The first-order valence-electron chi connectivity index (χ1n) is 5.52. The van der Waals surface area contributed by atoms with Gasteiger partial charge in [-0.3, -0.25) is 9.78 Å². The molecule has 0 aliphatic heterocycles. The van der Waals surface area contributed by atoms with Crippen molar-refractivity contribution in [3.63, 3.8) is 0 Å². The van der Waals surface area contributed by atoms with E-state index in [2.05, 4.69) is 9.88 Å². The Morgan fingerprint density at radius 2 is 2.06 bits per heavy atom. The standard InChI is InChI=1S/C13H14N2O2/c1-2-15(9-11-5-7-14-8-6-11)13-4-3-12(10-16)17-13/h3-8,10H,2,9H2,1H3. The average Bonchev–Trinajstić information content (AvgIpc) is 2.86. The van der Waals surface area contributed by atoms with Crippen molar-refractivity contribution in [1.82, 2.24) is 4.98 Å². The van der Waals surface area contributed by atoms with Gasteiger partial charge < -0.3 is 9.32 Å². The van der Waals surface area contributed by atoms with Gasteiger partial charge in [0.15, 0.2) is 17.9 Å². The minimum absolute atomic E-state index is 0.355. The molecule has 2 rings (SSSR count). The number of carbonyl (C=O) groups is 1. The van der Waals surface area contributed by atoms with E-state index in [1.165, 1.54) is 0 Å². The van der Waals surface area contributed by atoms with Gasteiger partial charge in [0, 0.05) is 31.5 Å². The second kappa shape index (κ2) is 5.30. The van der Waals surface area contributed by atoms with Crippen LogP contribution in [-0.4, -0.2) is 17.8 Å². The smallest absolute Gasteiger partial charge is 0.196 e. The maximum absolute atomic E-state index is 10.6. The first-order valence-corrected chi connectivity index (χ1v) is 5.52. The molecular formula is C13H14N2O2. The summed E-state index contributed by atoms with van der Waals surface area (Å²) in [5.74, 6) is 1.07. The van der Waals surface area contributed by atoms with Crippen LogP contribution in [0.2, 0.25) is 0 Å². The summed E-state index contributed by atoms with van der Waals surface area (Å²) in [6, 6.07) is 7.42. The van der Waals surface area contributed by atoms with E-state index in [1.54, 1.807) is 18.5 Å². The molecule has 0 radical (unpaired) electrons. The van der Waals surface area contributed by atoms with Gasteiger partial charge in [-0.2, -0.15) is 0 Å². The lowest BCUT2D eigenvalue weighted by Crippen LogP contribution is -2.21. The minimum Gasteiger partial charge on any atom is -0.438 e. The molecule has 2 heterocycles. The van der Waals surface area contributed by atoms with Crippen molar-refractivity contribution in [2.75, 3.05) is 11.4 Å². The van der Waals surface area contributed by atoms with Crippen molar-refractivity contribution in [3.8, 4) is 0 Å². The van der Waals surface area contributed by atoms with Crippen LogP contribution in [0.4, 0.5) is 5.88 Å². The van der Waals surface area contributed by atoms with Gasteiger partial charge in [0.2, 0.25) is 0 Å². The molecule has 17 heavy (non-hydrogen) atoms. The summed E-state index contributed by atoms with van der Waals surface area (Å²) < 4.78 is 5.40. The number of hydrogen-bond donors (Lipinski definition) is 0. The number of nitrogens with zero attached hydrogens (tertiary/aromatic N) is 2. The minimum atomic E-state index is 0.355. The number of aromatic nitrogens is 1. The molecule has 0 atom stereocenters. The molecule has 2 aromatic heterocycles. The van der Waals surface area contributed by atoms with Crippen molar-refractivity contribution in [3.05, 3.63) is 48.0 Å². The first kappa shape index (κ1) is 11.4. The number of hydrogen-bond acceptors (Lipinski definition) is 4. The van der Waals surface area contributed by atoms with Crippen LogP contribution in [0.5, 0.6) is 0 Å². The Balaban J connectivity index is 2.14. The van der Waals surface area contributed by atoms with E-state index in [-0.39, 0.29) is 0 Å². The molecule has 0 aliphatic rings. The number of aldehydes is 1. The van der Waals surface area contributed by atoms with Gasteiger partial charge in [0.1, 0.15) is 0 Å². The van der Waals surface area contributed by atoms with Crippen LogP contribution in [0.1, 0.15) is 23.0 Å². The zero-order chi connectivity index (χ0) is 12.1. The quantitative estimate of drug-likeness (QED) is 0.740. The molecule has 4 heteroatoms. The summed E-state index contributed by atoms with van der Waals surface area (Å²) in [5.41, 5.74) is 1.16. The normalized spacial score (nSPS) is 10.2. The summed E-state index contributed by atoms with van der Waals surface area (Å²) in [6.45, 7) is 3.60. The van der Waals surface area contributed by atoms with E-state index in [9.17, 15) is 4.79 Å². The van der Waals surface area contributed by atoms with Crippen LogP contribution in [-0.2, 0) is 6.54 Å². The van der Waals surface area contributed by atoms with E-state index in [4.69, 9.17) is 4.42 Å². The number of furan rings is 1. The Morgan fingerprint density at radius 3 is 2.65 bits per heavy atom. The SMILES string of the molecule is CCN(Cc1ccncc1)c1ccc(C=O)o1. The van der Waals surface area contributed by atoms with Crippen molar-refractivity contribution < 1.29 is 9.21 Å². The monoisotopic (exact) mass is 230 g/mol. The van der Waals surface area contributed by atoms with Crippen LogP contribution in [0.3, 0.4) is 0 Å². The lowest BCUT2D eigenvalue weighted by molar-refractivity contribution is 0.110. The Hall–Kier alpha value is -2.10. The Morgan fingerprint density at radius 1 is 1.29 bits per heavy atom. The molecule has 0 amide bonds. The molecule has 2 aromatic rings. The number of anilines is 1. The highest BCUT2D eigenvalue weighted by atomic mass is 16.4. The predicted octanol–water partition coefficient (Wildman–Crippen LogP) is 2.51. The summed E-state index contributed by atoms with van der Waals surface area (Å²) in [5, 5.41) is 0. The number of carbonyl (C=O) groups excluding carboxylic acids is 1. The second-order valence-electron chi connectivity index (χ2n) is 3.66. The summed E-state index contributed by atoms with van der Waals surface area (Å²) in [6.07, 6.45) is 4.24. The third-order valence-electron chi connectivity index (χ3n) is 2.54. The molecule has 0 bridgehead atoms. The van der Waals surface area contributed by atoms with Crippen LogP contribution in [0.25, 0.3) is 0 Å². The van der Waals surface area contributed by atoms with Gasteiger partial charge in [-0.15, -0.1) is 0 Å². The van der Waals surface area contributed by atoms with Crippen molar-refractivity contribution >= 4 is 12.2 Å². The Kier molecular flexibility index (Phi) is 3.55. The topological polar surface area (TPSA) is 46.3 Å². The molecule has 0 N–H and O–H groups in total. The Labute approximate surface area is 99.9 Å². The van der Waals surface area contributed by atoms with E-state index in [1.807, 2.05) is 25.1 Å². The summed E-state index contributed by atoms with van der Waals surface area (Å²) >= 11 is 0. The molecule has 0 spiro atoms. The zero-order valence-electron chi connectivity index (χ0n) is 9.67. The van der Waals surface area contributed by atoms with Crippen LogP contribution in [0.15, 0.2) is 41.1 Å². The van der Waals surface area contributed by atoms with Gasteiger partial charge in [-0.1, -0.05) is 0 Å². The Bertz CT molecular complexity index is 479. The molecular weight excluding hydrogens is 216 g/mol. The molecule has 0 saturated heterocycles. The molecule has 0 aromatic carbocycles. The highest BCUT2D eigenvalue weighted by molar-refractivity contribution is 5.71. The highest BCUT2D eigenvalue weighted by Gasteiger charge is 2.09. The summed E-state index contributed by atoms with van der Waals surface area (Å²) in [7, 11) is 0. The highest BCUT2D eigenvalue weighted by Crippen LogP contribution is 2.19. The summed E-state index contributed by atoms with van der Waals surface area (Å²) in [4.78, 5) is 16.6. The van der Waals surface area contributed by atoms with Gasteiger partial charge in [0.05, 0.1) is 0 Å². The average molecular weight is 230 g/mol. The van der Waals surface area contributed by atoms with Crippen molar-refractivity contribution in [2.45, 2.75) is 13.5 Å². The van der Waals surface area contributed by atoms with Gasteiger partial charge >= 0.3 is 0 Å². The molecule has 88 valence electrons.